The van der Waals surface area contributed by atoms with Crippen molar-refractivity contribution in [1.82, 2.24) is 0 Å². The van der Waals surface area contributed by atoms with Crippen molar-refractivity contribution in [2.24, 2.45) is 11.8 Å². The van der Waals surface area contributed by atoms with Crippen LogP contribution < -0.4 is 0 Å². The Morgan fingerprint density at radius 2 is 1.89 bits per heavy atom. The van der Waals surface area contributed by atoms with Crippen LogP contribution in [-0.4, -0.2) is 14.5 Å². The summed E-state index contributed by atoms with van der Waals surface area (Å²) in [5.74, 6) is 1.24. The minimum atomic E-state index is -1.62. The lowest BCUT2D eigenvalue weighted by Gasteiger charge is -2.11. The van der Waals surface area contributed by atoms with Gasteiger partial charge in [0.25, 0.3) is 0 Å². The maximum absolute atomic E-state index is 10.2. The molecule has 0 aromatic carbocycles. The Labute approximate surface area is 58.9 Å². The van der Waals surface area contributed by atoms with Crippen LogP contribution in [0.1, 0.15) is 20.8 Å². The Morgan fingerprint density at radius 1 is 1.44 bits per heavy atom. The van der Waals surface area contributed by atoms with E-state index in [9.17, 15) is 4.21 Å². The quantitative estimate of drug-likeness (QED) is 0.619. The van der Waals surface area contributed by atoms with Crippen LogP contribution in [-0.2, 0) is 11.1 Å². The lowest BCUT2D eigenvalue weighted by atomic mass is 10.0. The topological polar surface area (TPSA) is 37.3 Å². The fourth-order valence-corrected chi connectivity index (χ4v) is 1.25. The van der Waals surface area contributed by atoms with Crippen LogP contribution in [0.15, 0.2) is 0 Å². The average molecular weight is 150 g/mol. The molecule has 0 aromatic rings. The van der Waals surface area contributed by atoms with Gasteiger partial charge in [-0.2, -0.15) is 0 Å². The maximum Gasteiger partial charge on any atom is 0.153 e. The summed E-state index contributed by atoms with van der Waals surface area (Å²) in [7, 11) is 0. The van der Waals surface area contributed by atoms with Gasteiger partial charge in [0, 0.05) is 0 Å². The summed E-state index contributed by atoms with van der Waals surface area (Å²) in [6, 6.07) is 0. The molecule has 0 aromatic heterocycles. The molecule has 0 amide bonds. The van der Waals surface area contributed by atoms with Crippen LogP contribution in [0, 0.1) is 11.8 Å². The van der Waals surface area contributed by atoms with Gasteiger partial charge in [-0.1, -0.05) is 20.8 Å². The highest BCUT2D eigenvalue weighted by atomic mass is 32.2. The van der Waals surface area contributed by atoms with E-state index in [2.05, 4.69) is 13.8 Å². The first kappa shape index (κ1) is 9.11. The smallest absolute Gasteiger partial charge is 0.153 e. The third kappa shape index (κ3) is 4.60. The molecular formula is C6H14O2S. The summed E-state index contributed by atoms with van der Waals surface area (Å²) in [6.45, 7) is 6.09. The molecule has 0 fully saturated rings. The van der Waals surface area contributed by atoms with Crippen molar-refractivity contribution in [2.45, 2.75) is 20.8 Å². The molecule has 3 heteroatoms. The molecule has 56 valence electrons. The highest BCUT2D eigenvalue weighted by Crippen LogP contribution is 2.09. The minimum absolute atomic E-state index is 0.343. The standard InChI is InChI=1S/C6H14O2S/c1-5(2)6(3)4-9(7)8/h5-6H,4H2,1-3H3,(H,7,8). The summed E-state index contributed by atoms with van der Waals surface area (Å²) in [6.07, 6.45) is 0. The fraction of sp³-hybridized carbons (Fsp3) is 1.00. The Hall–Kier alpha value is 0.110. The van der Waals surface area contributed by atoms with Gasteiger partial charge in [0.1, 0.15) is 0 Å². The van der Waals surface area contributed by atoms with Gasteiger partial charge in [-0.15, -0.1) is 0 Å². The zero-order valence-electron chi connectivity index (χ0n) is 6.13. The van der Waals surface area contributed by atoms with Gasteiger partial charge in [0.05, 0.1) is 5.75 Å². The lowest BCUT2D eigenvalue weighted by Crippen LogP contribution is -2.12. The molecule has 0 rings (SSSR count). The summed E-state index contributed by atoms with van der Waals surface area (Å²) >= 11 is -1.62. The molecule has 2 nitrogen and oxygen atoms in total. The van der Waals surface area contributed by atoms with E-state index in [1.807, 2.05) is 6.92 Å². The second-order valence-electron chi connectivity index (χ2n) is 2.71. The molecule has 0 bridgehead atoms. The van der Waals surface area contributed by atoms with Gasteiger partial charge in [-0.25, -0.2) is 4.21 Å². The zero-order chi connectivity index (χ0) is 7.44. The first-order chi connectivity index (χ1) is 4.04. The van der Waals surface area contributed by atoms with Crippen LogP contribution in [0.5, 0.6) is 0 Å². The van der Waals surface area contributed by atoms with Crippen LogP contribution in [0.4, 0.5) is 0 Å². The van der Waals surface area contributed by atoms with Crippen LogP contribution in [0.3, 0.4) is 0 Å². The molecule has 0 aliphatic rings. The van der Waals surface area contributed by atoms with Crippen molar-refractivity contribution in [2.75, 3.05) is 5.75 Å². The highest BCUT2D eigenvalue weighted by molar-refractivity contribution is 7.79. The molecule has 1 N–H and O–H groups in total. The monoisotopic (exact) mass is 150 g/mol. The molecule has 0 aliphatic carbocycles. The van der Waals surface area contributed by atoms with Crippen molar-refractivity contribution in [3.05, 3.63) is 0 Å². The predicted octanol–water partition coefficient (Wildman–Crippen LogP) is 1.50. The van der Waals surface area contributed by atoms with Crippen LogP contribution in [0.25, 0.3) is 0 Å². The molecule has 2 atom stereocenters. The van der Waals surface area contributed by atoms with E-state index < -0.39 is 11.1 Å². The average Bonchev–Trinajstić information content (AvgIpc) is 1.63. The summed E-state index contributed by atoms with van der Waals surface area (Å²) in [5, 5.41) is 0. The Kier molecular flexibility index (Phi) is 4.06. The molecule has 0 radical (unpaired) electrons. The van der Waals surface area contributed by atoms with Crippen molar-refractivity contribution >= 4 is 11.1 Å². The van der Waals surface area contributed by atoms with E-state index in [4.69, 9.17) is 4.55 Å². The molecular weight excluding hydrogens is 136 g/mol. The normalized spacial score (nSPS) is 17.9. The molecule has 2 unspecified atom stereocenters. The van der Waals surface area contributed by atoms with Gasteiger partial charge in [-0.05, 0) is 11.8 Å². The molecule has 0 spiro atoms. The van der Waals surface area contributed by atoms with E-state index in [1.165, 1.54) is 0 Å². The lowest BCUT2D eigenvalue weighted by molar-refractivity contribution is 0.447. The van der Waals surface area contributed by atoms with Crippen molar-refractivity contribution < 1.29 is 8.76 Å². The summed E-state index contributed by atoms with van der Waals surface area (Å²) < 4.78 is 18.7. The van der Waals surface area contributed by atoms with Gasteiger partial charge >= 0.3 is 0 Å². The van der Waals surface area contributed by atoms with E-state index in [1.54, 1.807) is 0 Å². The molecule has 0 saturated carbocycles. The van der Waals surface area contributed by atoms with Crippen LogP contribution >= 0.6 is 0 Å². The van der Waals surface area contributed by atoms with Gasteiger partial charge in [-0.3, -0.25) is 0 Å². The fourth-order valence-electron chi connectivity index (χ4n) is 0.417. The van der Waals surface area contributed by atoms with E-state index >= 15 is 0 Å². The Balaban J connectivity index is 3.50. The number of hydrogen-bond donors (Lipinski definition) is 1. The van der Waals surface area contributed by atoms with Crippen molar-refractivity contribution in [3.63, 3.8) is 0 Å². The van der Waals surface area contributed by atoms with E-state index in [0.29, 0.717) is 17.6 Å². The Morgan fingerprint density at radius 3 is 2.00 bits per heavy atom. The largest absolute Gasteiger partial charge is 0.306 e. The Bertz CT molecular complexity index is 101. The summed E-state index contributed by atoms with van der Waals surface area (Å²) in [5.41, 5.74) is 0. The SMILES string of the molecule is CC(C)C(C)CS(=O)O. The summed E-state index contributed by atoms with van der Waals surface area (Å²) in [4.78, 5) is 0. The van der Waals surface area contributed by atoms with Gasteiger partial charge in [0.2, 0.25) is 0 Å². The first-order valence-corrected chi connectivity index (χ1v) is 4.39. The molecule has 9 heavy (non-hydrogen) atoms. The van der Waals surface area contributed by atoms with Crippen molar-refractivity contribution in [3.8, 4) is 0 Å². The van der Waals surface area contributed by atoms with Gasteiger partial charge < -0.3 is 4.55 Å². The second kappa shape index (κ2) is 4.01. The zero-order valence-corrected chi connectivity index (χ0v) is 6.94. The molecule has 0 aliphatic heterocycles. The van der Waals surface area contributed by atoms with E-state index in [-0.39, 0.29) is 0 Å². The second-order valence-corrected chi connectivity index (χ2v) is 3.69. The molecule has 0 heterocycles. The van der Waals surface area contributed by atoms with Crippen molar-refractivity contribution in [1.29, 1.82) is 0 Å². The molecule has 0 saturated heterocycles. The first-order valence-electron chi connectivity index (χ1n) is 3.11. The predicted molar refractivity (Wildman–Crippen MR) is 39.6 cm³/mol. The van der Waals surface area contributed by atoms with Gasteiger partial charge in [0.15, 0.2) is 11.1 Å². The van der Waals surface area contributed by atoms with E-state index in [0.717, 1.165) is 0 Å². The third-order valence-corrected chi connectivity index (χ3v) is 2.35. The minimum Gasteiger partial charge on any atom is -0.306 e. The number of hydrogen-bond acceptors (Lipinski definition) is 1. The maximum atomic E-state index is 10.2. The third-order valence-electron chi connectivity index (χ3n) is 1.54. The van der Waals surface area contributed by atoms with Crippen LogP contribution in [0.2, 0.25) is 0 Å². The number of rotatable bonds is 3. The highest BCUT2D eigenvalue weighted by Gasteiger charge is 2.08.